The van der Waals surface area contributed by atoms with Crippen LogP contribution in [-0.4, -0.2) is 60.3 Å². The molecule has 1 heterocycles. The van der Waals surface area contributed by atoms with Crippen LogP contribution in [0.5, 0.6) is 0 Å². The van der Waals surface area contributed by atoms with E-state index in [-0.39, 0.29) is 23.8 Å². The number of amides is 2. The third kappa shape index (κ3) is 4.76. The summed E-state index contributed by atoms with van der Waals surface area (Å²) in [5.41, 5.74) is -0.163. The summed E-state index contributed by atoms with van der Waals surface area (Å²) in [6.07, 6.45) is -0.316. The van der Waals surface area contributed by atoms with Crippen LogP contribution in [0.15, 0.2) is 0 Å². The fourth-order valence-electron chi connectivity index (χ4n) is 2.28. The molecule has 20 heavy (non-hydrogen) atoms. The van der Waals surface area contributed by atoms with Gasteiger partial charge in [0.25, 0.3) is 0 Å². The molecular formula is C14H26N2O4. The Kier molecular flexibility index (Phi) is 5.95. The van der Waals surface area contributed by atoms with E-state index < -0.39 is 12.1 Å². The standard InChI is InChI=1S/C14H26N2O4/c1-5-20-9-14(3,4)8-15-13(19)12-6-11(18)7-16(12)10(2)17/h11-12,18H,5-9H2,1-4H3,(H,15,19)/t11-,12+/m0/s1. The van der Waals surface area contributed by atoms with E-state index in [0.29, 0.717) is 26.2 Å². The van der Waals surface area contributed by atoms with Crippen LogP contribution in [0.25, 0.3) is 0 Å². The molecule has 1 fully saturated rings. The maximum Gasteiger partial charge on any atom is 0.242 e. The van der Waals surface area contributed by atoms with Gasteiger partial charge in [0.1, 0.15) is 6.04 Å². The lowest BCUT2D eigenvalue weighted by Gasteiger charge is -2.27. The Morgan fingerprint density at radius 3 is 2.65 bits per heavy atom. The molecule has 1 rings (SSSR count). The summed E-state index contributed by atoms with van der Waals surface area (Å²) in [5.74, 6) is -0.392. The Bertz CT molecular complexity index is 357. The van der Waals surface area contributed by atoms with Gasteiger partial charge in [0.2, 0.25) is 11.8 Å². The van der Waals surface area contributed by atoms with Gasteiger partial charge in [-0.25, -0.2) is 0 Å². The fraction of sp³-hybridized carbons (Fsp3) is 0.857. The van der Waals surface area contributed by atoms with E-state index in [0.717, 1.165) is 0 Å². The second-order valence-corrected chi connectivity index (χ2v) is 6.10. The molecule has 1 aliphatic rings. The number of nitrogens with zero attached hydrogens (tertiary/aromatic N) is 1. The molecule has 0 aromatic carbocycles. The van der Waals surface area contributed by atoms with Gasteiger partial charge in [-0.05, 0) is 6.92 Å². The number of aliphatic hydroxyl groups is 1. The number of aliphatic hydroxyl groups excluding tert-OH is 1. The minimum absolute atomic E-state index is 0.163. The number of ether oxygens (including phenoxy) is 1. The second-order valence-electron chi connectivity index (χ2n) is 6.10. The molecule has 1 saturated heterocycles. The molecule has 2 amide bonds. The zero-order valence-electron chi connectivity index (χ0n) is 12.8. The van der Waals surface area contributed by atoms with Gasteiger partial charge in [-0.15, -0.1) is 0 Å². The Balaban J connectivity index is 2.51. The van der Waals surface area contributed by atoms with E-state index in [1.54, 1.807) is 0 Å². The van der Waals surface area contributed by atoms with Gasteiger partial charge in [-0.3, -0.25) is 9.59 Å². The first-order valence-corrected chi connectivity index (χ1v) is 7.07. The Hall–Kier alpha value is -1.14. The number of nitrogens with one attached hydrogen (secondary N) is 1. The molecule has 2 N–H and O–H groups in total. The predicted molar refractivity (Wildman–Crippen MR) is 75.1 cm³/mol. The van der Waals surface area contributed by atoms with Crippen molar-refractivity contribution in [3.05, 3.63) is 0 Å². The number of rotatable bonds is 6. The normalized spacial score (nSPS) is 22.9. The molecule has 0 aliphatic carbocycles. The molecule has 2 atom stereocenters. The first-order chi connectivity index (χ1) is 9.26. The van der Waals surface area contributed by atoms with Crippen molar-refractivity contribution in [2.75, 3.05) is 26.3 Å². The quantitative estimate of drug-likeness (QED) is 0.728. The number of likely N-dealkylation sites (tertiary alicyclic amines) is 1. The molecule has 6 heteroatoms. The van der Waals surface area contributed by atoms with Crippen molar-refractivity contribution in [1.82, 2.24) is 10.2 Å². The largest absolute Gasteiger partial charge is 0.391 e. The molecule has 116 valence electrons. The van der Waals surface area contributed by atoms with E-state index >= 15 is 0 Å². The highest BCUT2D eigenvalue weighted by atomic mass is 16.5. The topological polar surface area (TPSA) is 78.9 Å². The van der Waals surface area contributed by atoms with Gasteiger partial charge in [0.15, 0.2) is 0 Å². The van der Waals surface area contributed by atoms with E-state index in [9.17, 15) is 14.7 Å². The summed E-state index contributed by atoms with van der Waals surface area (Å²) in [5, 5.41) is 12.5. The highest BCUT2D eigenvalue weighted by Crippen LogP contribution is 2.19. The summed E-state index contributed by atoms with van der Waals surface area (Å²) in [7, 11) is 0. The van der Waals surface area contributed by atoms with Gasteiger partial charge in [-0.1, -0.05) is 13.8 Å². The summed E-state index contributed by atoms with van der Waals surface area (Å²) < 4.78 is 5.38. The maximum absolute atomic E-state index is 12.2. The molecule has 0 spiro atoms. The fourth-order valence-corrected chi connectivity index (χ4v) is 2.28. The Labute approximate surface area is 120 Å². The van der Waals surface area contributed by atoms with Gasteiger partial charge >= 0.3 is 0 Å². The van der Waals surface area contributed by atoms with Crippen molar-refractivity contribution >= 4 is 11.8 Å². The summed E-state index contributed by atoms with van der Waals surface area (Å²) in [6, 6.07) is -0.564. The van der Waals surface area contributed by atoms with Crippen molar-refractivity contribution in [3.8, 4) is 0 Å². The molecule has 0 bridgehead atoms. The molecule has 1 aliphatic heterocycles. The zero-order chi connectivity index (χ0) is 15.3. The third-order valence-corrected chi connectivity index (χ3v) is 3.42. The Morgan fingerprint density at radius 1 is 1.45 bits per heavy atom. The van der Waals surface area contributed by atoms with Gasteiger partial charge < -0.3 is 20.1 Å². The van der Waals surface area contributed by atoms with Crippen LogP contribution >= 0.6 is 0 Å². The molecule has 0 saturated carbocycles. The van der Waals surface area contributed by atoms with Crippen LogP contribution in [0.2, 0.25) is 0 Å². The zero-order valence-corrected chi connectivity index (χ0v) is 12.8. The molecular weight excluding hydrogens is 260 g/mol. The molecule has 6 nitrogen and oxygen atoms in total. The second kappa shape index (κ2) is 7.04. The monoisotopic (exact) mass is 286 g/mol. The van der Waals surface area contributed by atoms with Gasteiger partial charge in [0, 0.05) is 38.5 Å². The average molecular weight is 286 g/mol. The minimum atomic E-state index is -0.619. The number of carbonyl (C=O) groups is 2. The molecule has 0 aromatic heterocycles. The number of β-amino-alcohol motifs (C(OH)–C–C–N with tert-alkyl or cyclic N) is 1. The SMILES string of the molecule is CCOCC(C)(C)CNC(=O)[C@H]1C[C@H](O)CN1C(C)=O. The van der Waals surface area contributed by atoms with E-state index in [1.807, 2.05) is 20.8 Å². The first kappa shape index (κ1) is 16.9. The third-order valence-electron chi connectivity index (χ3n) is 3.42. The number of carbonyl (C=O) groups excluding carboxylic acids is 2. The van der Waals surface area contributed by atoms with Crippen LogP contribution in [-0.2, 0) is 14.3 Å². The lowest BCUT2D eigenvalue weighted by atomic mass is 9.94. The smallest absolute Gasteiger partial charge is 0.242 e. The number of hydrogen-bond acceptors (Lipinski definition) is 4. The highest BCUT2D eigenvalue weighted by molar-refractivity contribution is 5.87. The van der Waals surface area contributed by atoms with Crippen molar-refractivity contribution in [3.63, 3.8) is 0 Å². The predicted octanol–water partition coefficient (Wildman–Crippen LogP) is 0.147. The van der Waals surface area contributed by atoms with Crippen molar-refractivity contribution in [1.29, 1.82) is 0 Å². The van der Waals surface area contributed by atoms with E-state index in [1.165, 1.54) is 11.8 Å². The molecule has 0 unspecified atom stereocenters. The van der Waals surface area contributed by atoms with Gasteiger partial charge in [-0.2, -0.15) is 0 Å². The van der Waals surface area contributed by atoms with Gasteiger partial charge in [0.05, 0.1) is 12.7 Å². The van der Waals surface area contributed by atoms with Crippen molar-refractivity contribution in [2.24, 2.45) is 5.41 Å². The number of hydrogen-bond donors (Lipinski definition) is 2. The van der Waals surface area contributed by atoms with E-state index in [2.05, 4.69) is 5.32 Å². The average Bonchev–Trinajstić information content (AvgIpc) is 2.76. The van der Waals surface area contributed by atoms with Crippen molar-refractivity contribution in [2.45, 2.75) is 46.3 Å². The van der Waals surface area contributed by atoms with Crippen LogP contribution < -0.4 is 5.32 Å². The Morgan fingerprint density at radius 2 is 2.10 bits per heavy atom. The highest BCUT2D eigenvalue weighted by Gasteiger charge is 2.37. The minimum Gasteiger partial charge on any atom is -0.391 e. The van der Waals surface area contributed by atoms with Crippen LogP contribution in [0.1, 0.15) is 34.1 Å². The lowest BCUT2D eigenvalue weighted by molar-refractivity contribution is -0.137. The molecule has 0 radical (unpaired) electrons. The summed E-state index contributed by atoms with van der Waals surface area (Å²) in [6.45, 7) is 9.28. The van der Waals surface area contributed by atoms with E-state index in [4.69, 9.17) is 4.74 Å². The van der Waals surface area contributed by atoms with Crippen LogP contribution in [0.3, 0.4) is 0 Å². The van der Waals surface area contributed by atoms with Crippen LogP contribution in [0, 0.1) is 5.41 Å². The van der Waals surface area contributed by atoms with Crippen LogP contribution in [0.4, 0.5) is 0 Å². The molecule has 0 aromatic rings. The first-order valence-electron chi connectivity index (χ1n) is 7.07. The summed E-state index contributed by atoms with van der Waals surface area (Å²) in [4.78, 5) is 25.1. The summed E-state index contributed by atoms with van der Waals surface area (Å²) >= 11 is 0. The van der Waals surface area contributed by atoms with Crippen molar-refractivity contribution < 1.29 is 19.4 Å². The lowest BCUT2D eigenvalue weighted by Crippen LogP contribution is -2.47. The maximum atomic E-state index is 12.2.